The van der Waals surface area contributed by atoms with Crippen LogP contribution in [0.5, 0.6) is 5.75 Å². The monoisotopic (exact) mass is 237 g/mol. The predicted molar refractivity (Wildman–Crippen MR) is 71.8 cm³/mol. The maximum atomic E-state index is 9.91. The third kappa shape index (κ3) is 2.91. The molecule has 0 amide bonds. The van der Waals surface area contributed by atoms with E-state index in [4.69, 9.17) is 4.74 Å². The highest BCUT2D eigenvalue weighted by atomic mass is 16.5. The lowest BCUT2D eigenvalue weighted by Gasteiger charge is -2.29. The molecule has 0 aliphatic heterocycles. The highest BCUT2D eigenvalue weighted by Crippen LogP contribution is 2.34. The second-order valence-electron chi connectivity index (χ2n) is 4.44. The molecule has 0 fully saturated rings. The summed E-state index contributed by atoms with van der Waals surface area (Å²) in [5, 5.41) is 9.91. The van der Waals surface area contributed by atoms with Crippen molar-refractivity contribution >= 4 is 5.69 Å². The van der Waals surface area contributed by atoms with E-state index in [0.29, 0.717) is 6.04 Å². The molecule has 1 aromatic carbocycles. The molecular weight excluding hydrogens is 214 g/mol. The molecular formula is C14H23NO2. The third-order valence-electron chi connectivity index (χ3n) is 3.31. The number of nitrogens with zero attached hydrogens (tertiary/aromatic N) is 1. The summed E-state index contributed by atoms with van der Waals surface area (Å²) in [7, 11) is 3.68. The van der Waals surface area contributed by atoms with Gasteiger partial charge in [0, 0.05) is 24.3 Å². The van der Waals surface area contributed by atoms with Crippen LogP contribution in [0.2, 0.25) is 0 Å². The zero-order valence-corrected chi connectivity index (χ0v) is 11.4. The normalized spacial score (nSPS) is 14.2. The van der Waals surface area contributed by atoms with E-state index >= 15 is 0 Å². The largest absolute Gasteiger partial charge is 0.496 e. The van der Waals surface area contributed by atoms with E-state index in [1.165, 1.54) is 0 Å². The SMILES string of the molecule is CCC(C)N(C)c1cccc(OC)c1[C@@H](C)O. The first-order chi connectivity index (χ1) is 8.02. The molecule has 1 unspecified atom stereocenters. The molecule has 96 valence electrons. The van der Waals surface area contributed by atoms with Gasteiger partial charge in [-0.2, -0.15) is 0 Å². The molecule has 3 nitrogen and oxygen atoms in total. The van der Waals surface area contributed by atoms with E-state index in [0.717, 1.165) is 23.4 Å². The number of anilines is 1. The Hall–Kier alpha value is -1.22. The minimum absolute atomic E-state index is 0.430. The number of rotatable bonds is 5. The number of hydrogen-bond donors (Lipinski definition) is 1. The van der Waals surface area contributed by atoms with Crippen LogP contribution >= 0.6 is 0 Å². The molecule has 0 aliphatic carbocycles. The summed E-state index contributed by atoms with van der Waals surface area (Å²) in [5.41, 5.74) is 1.89. The Morgan fingerprint density at radius 1 is 1.35 bits per heavy atom. The Bertz CT molecular complexity index is 363. The molecule has 0 saturated heterocycles. The fourth-order valence-electron chi connectivity index (χ4n) is 1.95. The van der Waals surface area contributed by atoms with Crippen molar-refractivity contribution in [3.8, 4) is 5.75 Å². The molecule has 17 heavy (non-hydrogen) atoms. The topological polar surface area (TPSA) is 32.7 Å². The molecule has 0 aliphatic rings. The molecule has 2 atom stereocenters. The molecule has 0 aromatic heterocycles. The first-order valence-corrected chi connectivity index (χ1v) is 6.10. The van der Waals surface area contributed by atoms with Gasteiger partial charge in [0.15, 0.2) is 0 Å². The van der Waals surface area contributed by atoms with Gasteiger partial charge in [0.05, 0.1) is 13.2 Å². The van der Waals surface area contributed by atoms with Crippen LogP contribution < -0.4 is 9.64 Å². The van der Waals surface area contributed by atoms with Gasteiger partial charge >= 0.3 is 0 Å². The Kier molecular flexibility index (Phi) is 4.82. The Labute approximate surface area is 104 Å². The van der Waals surface area contributed by atoms with E-state index in [1.807, 2.05) is 18.2 Å². The van der Waals surface area contributed by atoms with Crippen LogP contribution in [0.1, 0.15) is 38.9 Å². The maximum Gasteiger partial charge on any atom is 0.126 e. The highest BCUT2D eigenvalue weighted by molar-refractivity contribution is 5.60. The van der Waals surface area contributed by atoms with Crippen LogP contribution in [0, 0.1) is 0 Å². The summed E-state index contributed by atoms with van der Waals surface area (Å²) in [6.45, 7) is 6.10. The van der Waals surface area contributed by atoms with Gasteiger partial charge in [-0.3, -0.25) is 0 Å². The Balaban J connectivity index is 3.22. The van der Waals surface area contributed by atoms with Gasteiger partial charge in [0.2, 0.25) is 0 Å². The average Bonchev–Trinajstić information content (AvgIpc) is 2.35. The van der Waals surface area contributed by atoms with Crippen LogP contribution in [0.15, 0.2) is 18.2 Å². The number of aliphatic hydroxyl groups is 1. The number of ether oxygens (including phenoxy) is 1. The maximum absolute atomic E-state index is 9.91. The summed E-state index contributed by atoms with van der Waals surface area (Å²) in [6, 6.07) is 6.30. The lowest BCUT2D eigenvalue weighted by Crippen LogP contribution is -2.29. The van der Waals surface area contributed by atoms with Gasteiger partial charge in [-0.15, -0.1) is 0 Å². The van der Waals surface area contributed by atoms with Crippen molar-refractivity contribution in [2.24, 2.45) is 0 Å². The van der Waals surface area contributed by atoms with Crippen molar-refractivity contribution < 1.29 is 9.84 Å². The first kappa shape index (κ1) is 13.8. The van der Waals surface area contributed by atoms with Crippen LogP contribution in [-0.2, 0) is 0 Å². The second kappa shape index (κ2) is 5.92. The summed E-state index contributed by atoms with van der Waals surface area (Å²) in [5.74, 6) is 0.743. The van der Waals surface area contributed by atoms with E-state index in [2.05, 4.69) is 25.8 Å². The summed E-state index contributed by atoms with van der Waals surface area (Å²) in [4.78, 5) is 2.19. The minimum atomic E-state index is -0.535. The fourth-order valence-corrected chi connectivity index (χ4v) is 1.95. The van der Waals surface area contributed by atoms with E-state index in [9.17, 15) is 5.11 Å². The van der Waals surface area contributed by atoms with Crippen molar-refractivity contribution in [3.05, 3.63) is 23.8 Å². The molecule has 1 rings (SSSR count). The predicted octanol–water partition coefficient (Wildman–Crippen LogP) is 2.98. The Morgan fingerprint density at radius 2 is 2.00 bits per heavy atom. The standard InChI is InChI=1S/C14H23NO2/c1-6-10(2)15(4)12-8-7-9-13(17-5)14(12)11(3)16/h7-11,16H,6H2,1-5H3/t10?,11-/m1/s1. The van der Waals surface area contributed by atoms with Gasteiger partial charge in [0.1, 0.15) is 5.75 Å². The van der Waals surface area contributed by atoms with E-state index < -0.39 is 6.10 Å². The number of hydrogen-bond acceptors (Lipinski definition) is 3. The fraction of sp³-hybridized carbons (Fsp3) is 0.571. The lowest BCUT2D eigenvalue weighted by molar-refractivity contribution is 0.194. The first-order valence-electron chi connectivity index (χ1n) is 6.10. The number of benzene rings is 1. The minimum Gasteiger partial charge on any atom is -0.496 e. The third-order valence-corrected chi connectivity index (χ3v) is 3.31. The van der Waals surface area contributed by atoms with E-state index in [-0.39, 0.29) is 0 Å². The average molecular weight is 237 g/mol. The van der Waals surface area contributed by atoms with Gasteiger partial charge < -0.3 is 14.7 Å². The van der Waals surface area contributed by atoms with Gasteiger partial charge in [-0.1, -0.05) is 13.0 Å². The zero-order valence-electron chi connectivity index (χ0n) is 11.4. The molecule has 0 bridgehead atoms. The van der Waals surface area contributed by atoms with Gasteiger partial charge in [-0.25, -0.2) is 0 Å². The number of methoxy groups -OCH3 is 1. The molecule has 3 heteroatoms. The lowest BCUT2D eigenvalue weighted by atomic mass is 10.0. The molecule has 0 heterocycles. The number of aliphatic hydroxyl groups excluding tert-OH is 1. The van der Waals surface area contributed by atoms with Crippen LogP contribution in [-0.4, -0.2) is 25.3 Å². The van der Waals surface area contributed by atoms with Crippen molar-refractivity contribution in [1.29, 1.82) is 0 Å². The summed E-state index contributed by atoms with van der Waals surface area (Å²) >= 11 is 0. The quantitative estimate of drug-likeness (QED) is 0.854. The van der Waals surface area contributed by atoms with Crippen molar-refractivity contribution in [2.45, 2.75) is 39.3 Å². The summed E-state index contributed by atoms with van der Waals surface area (Å²) in [6.07, 6.45) is 0.528. The van der Waals surface area contributed by atoms with Gasteiger partial charge in [0.25, 0.3) is 0 Å². The van der Waals surface area contributed by atoms with Crippen LogP contribution in [0.25, 0.3) is 0 Å². The van der Waals surface area contributed by atoms with Crippen LogP contribution in [0.3, 0.4) is 0 Å². The van der Waals surface area contributed by atoms with Crippen molar-refractivity contribution in [1.82, 2.24) is 0 Å². The molecule has 0 spiro atoms. The molecule has 1 aromatic rings. The molecule has 0 saturated carbocycles. The molecule has 0 radical (unpaired) electrons. The molecule has 1 N–H and O–H groups in total. The van der Waals surface area contributed by atoms with Crippen molar-refractivity contribution in [2.75, 3.05) is 19.1 Å². The van der Waals surface area contributed by atoms with Gasteiger partial charge in [-0.05, 0) is 32.4 Å². The van der Waals surface area contributed by atoms with E-state index in [1.54, 1.807) is 14.0 Å². The zero-order chi connectivity index (χ0) is 13.0. The smallest absolute Gasteiger partial charge is 0.126 e. The summed E-state index contributed by atoms with van der Waals surface area (Å²) < 4.78 is 5.32. The Morgan fingerprint density at radius 3 is 2.47 bits per heavy atom. The second-order valence-corrected chi connectivity index (χ2v) is 4.44. The van der Waals surface area contributed by atoms with Crippen LogP contribution in [0.4, 0.5) is 5.69 Å². The van der Waals surface area contributed by atoms with Crippen molar-refractivity contribution in [3.63, 3.8) is 0 Å². The highest BCUT2D eigenvalue weighted by Gasteiger charge is 2.18.